The number of pyridine rings is 1. The molecular weight excluding hydrogens is 360 g/mol. The molecule has 0 saturated heterocycles. The van der Waals surface area contributed by atoms with E-state index in [1.54, 1.807) is 28.9 Å². The molecule has 0 atom stereocenters. The molecule has 144 valence electrons. The second-order valence-corrected chi connectivity index (χ2v) is 6.25. The summed E-state index contributed by atoms with van der Waals surface area (Å²) >= 11 is 0. The van der Waals surface area contributed by atoms with Gasteiger partial charge in [0.25, 0.3) is 5.91 Å². The van der Waals surface area contributed by atoms with E-state index in [1.165, 1.54) is 13.2 Å². The van der Waals surface area contributed by atoms with Gasteiger partial charge in [-0.25, -0.2) is 9.97 Å². The van der Waals surface area contributed by atoms with E-state index < -0.39 is 0 Å². The maximum Gasteiger partial charge on any atom is 0.275 e. The molecule has 0 aromatic carbocycles. The van der Waals surface area contributed by atoms with E-state index in [-0.39, 0.29) is 29.9 Å². The lowest BCUT2D eigenvalue weighted by atomic mass is 10.2. The predicted molar refractivity (Wildman–Crippen MR) is 103 cm³/mol. The summed E-state index contributed by atoms with van der Waals surface area (Å²) in [6.45, 7) is 1.87. The summed E-state index contributed by atoms with van der Waals surface area (Å²) in [5.41, 5.74) is 8.23. The first kappa shape index (κ1) is 19.0. The van der Waals surface area contributed by atoms with Crippen molar-refractivity contribution in [3.8, 4) is 0 Å². The number of carbonyl (C=O) groups is 2. The fourth-order valence-corrected chi connectivity index (χ4v) is 2.57. The number of imidazole rings is 1. The highest BCUT2D eigenvalue weighted by Crippen LogP contribution is 2.12. The highest BCUT2D eigenvalue weighted by Gasteiger charge is 2.13. The molecule has 10 heteroatoms. The second-order valence-electron chi connectivity index (χ2n) is 6.25. The lowest BCUT2D eigenvalue weighted by molar-refractivity contribution is -0.126. The van der Waals surface area contributed by atoms with Gasteiger partial charge in [-0.2, -0.15) is 0 Å². The van der Waals surface area contributed by atoms with Crippen LogP contribution in [0.15, 0.2) is 36.9 Å². The zero-order valence-electron chi connectivity index (χ0n) is 15.5. The van der Waals surface area contributed by atoms with E-state index in [0.717, 1.165) is 10.6 Å². The Balaban J connectivity index is 1.66. The van der Waals surface area contributed by atoms with E-state index in [9.17, 15) is 9.59 Å². The number of hydrogen-bond acceptors (Lipinski definition) is 6. The van der Waals surface area contributed by atoms with Crippen LogP contribution in [0.4, 0.5) is 5.69 Å². The molecule has 0 aliphatic heterocycles. The van der Waals surface area contributed by atoms with E-state index in [4.69, 9.17) is 11.1 Å². The van der Waals surface area contributed by atoms with Crippen molar-refractivity contribution >= 4 is 29.1 Å². The summed E-state index contributed by atoms with van der Waals surface area (Å²) in [4.78, 5) is 38.1. The number of rotatable bonds is 5. The Morgan fingerprint density at radius 1 is 1.32 bits per heavy atom. The Kier molecular flexibility index (Phi) is 5.30. The third kappa shape index (κ3) is 4.29. The fourth-order valence-electron chi connectivity index (χ4n) is 2.57. The number of fused-ring (bicyclic) bond motifs is 1. The lowest BCUT2D eigenvalue weighted by Gasteiger charge is -2.14. The van der Waals surface area contributed by atoms with E-state index in [1.807, 2.05) is 13.1 Å². The van der Waals surface area contributed by atoms with Gasteiger partial charge in [0.15, 0.2) is 11.6 Å². The quantitative estimate of drug-likeness (QED) is 0.445. The summed E-state index contributed by atoms with van der Waals surface area (Å²) < 4.78 is 1.74. The van der Waals surface area contributed by atoms with Crippen molar-refractivity contribution in [3.63, 3.8) is 0 Å². The number of nitrogens with one attached hydrogen (secondary N) is 2. The molecule has 3 aromatic rings. The van der Waals surface area contributed by atoms with Crippen molar-refractivity contribution in [1.29, 1.82) is 5.41 Å². The van der Waals surface area contributed by atoms with Gasteiger partial charge < -0.3 is 15.5 Å². The summed E-state index contributed by atoms with van der Waals surface area (Å²) in [5, 5.41) is 10.0. The van der Waals surface area contributed by atoms with Crippen molar-refractivity contribution in [2.45, 2.75) is 19.8 Å². The Morgan fingerprint density at radius 2 is 2.11 bits per heavy atom. The van der Waals surface area contributed by atoms with E-state index in [0.29, 0.717) is 23.4 Å². The molecule has 0 spiro atoms. The Labute approximate surface area is 160 Å². The number of guanidine groups is 1. The summed E-state index contributed by atoms with van der Waals surface area (Å²) in [6, 6.07) is 3.35. The van der Waals surface area contributed by atoms with Gasteiger partial charge in [-0.05, 0) is 25.5 Å². The highest BCUT2D eigenvalue weighted by atomic mass is 16.2. The van der Waals surface area contributed by atoms with Gasteiger partial charge >= 0.3 is 0 Å². The molecule has 0 saturated carbocycles. The maximum absolute atomic E-state index is 12.5. The molecular formula is C18H20N8O2. The SMILES string of the molecule is Cc1cn2cc(C(=O)Nc3ccnc(CCC(=O)N(C)C(=N)N)c3)ncc2n1. The van der Waals surface area contributed by atoms with Crippen molar-refractivity contribution in [3.05, 3.63) is 54.0 Å². The van der Waals surface area contributed by atoms with Crippen LogP contribution in [0.5, 0.6) is 0 Å². The number of aryl methyl sites for hydroxylation is 2. The van der Waals surface area contributed by atoms with Crippen LogP contribution in [-0.2, 0) is 11.2 Å². The number of amides is 2. The van der Waals surface area contributed by atoms with Gasteiger partial charge in [-0.1, -0.05) is 0 Å². The lowest BCUT2D eigenvalue weighted by Crippen LogP contribution is -2.38. The van der Waals surface area contributed by atoms with E-state index >= 15 is 0 Å². The van der Waals surface area contributed by atoms with Crippen molar-refractivity contribution in [1.82, 2.24) is 24.3 Å². The van der Waals surface area contributed by atoms with Crippen LogP contribution in [0, 0.1) is 12.3 Å². The normalized spacial score (nSPS) is 10.6. The largest absolute Gasteiger partial charge is 0.370 e. The molecule has 3 rings (SSSR count). The Morgan fingerprint density at radius 3 is 2.86 bits per heavy atom. The molecule has 0 aliphatic rings. The number of carbonyl (C=O) groups excluding carboxylic acids is 2. The smallest absolute Gasteiger partial charge is 0.275 e. The molecule has 4 N–H and O–H groups in total. The number of anilines is 1. The first-order chi connectivity index (χ1) is 13.3. The first-order valence-corrected chi connectivity index (χ1v) is 8.51. The number of nitrogens with zero attached hydrogens (tertiary/aromatic N) is 5. The Hall–Kier alpha value is -3.82. The van der Waals surface area contributed by atoms with Crippen LogP contribution in [0.2, 0.25) is 0 Å². The average molecular weight is 380 g/mol. The summed E-state index contributed by atoms with van der Waals surface area (Å²) in [6.07, 6.45) is 7.03. The molecule has 10 nitrogen and oxygen atoms in total. The van der Waals surface area contributed by atoms with Crippen LogP contribution in [0.1, 0.15) is 28.3 Å². The molecule has 2 amide bonds. The third-order valence-electron chi connectivity index (χ3n) is 4.10. The van der Waals surface area contributed by atoms with Gasteiger partial charge in [0.05, 0.1) is 11.9 Å². The minimum atomic E-state index is -0.363. The zero-order valence-corrected chi connectivity index (χ0v) is 15.5. The van der Waals surface area contributed by atoms with Crippen LogP contribution in [0.25, 0.3) is 5.65 Å². The van der Waals surface area contributed by atoms with Gasteiger partial charge in [0, 0.05) is 43.4 Å². The first-order valence-electron chi connectivity index (χ1n) is 8.51. The van der Waals surface area contributed by atoms with Crippen LogP contribution in [-0.4, -0.2) is 49.1 Å². The maximum atomic E-state index is 12.5. The van der Waals surface area contributed by atoms with Crippen LogP contribution < -0.4 is 11.1 Å². The number of aromatic nitrogens is 4. The molecule has 3 heterocycles. The topological polar surface area (TPSA) is 142 Å². The summed E-state index contributed by atoms with van der Waals surface area (Å²) in [5.74, 6) is -0.953. The third-order valence-corrected chi connectivity index (χ3v) is 4.10. The molecule has 0 radical (unpaired) electrons. The van der Waals surface area contributed by atoms with Gasteiger partial charge in [-0.3, -0.25) is 24.9 Å². The van der Waals surface area contributed by atoms with Crippen molar-refractivity contribution in [2.24, 2.45) is 5.73 Å². The molecule has 0 bridgehead atoms. The van der Waals surface area contributed by atoms with Crippen LogP contribution >= 0.6 is 0 Å². The standard InChI is InChI=1S/C18H20N8O2/c1-11-9-26-10-14(22-8-15(26)23-11)17(28)24-13-5-6-21-12(7-13)3-4-16(27)25(2)18(19)20/h5-10H,3-4H2,1-2H3,(H3,19,20)(H,21,24,28). The molecule has 0 aliphatic carbocycles. The molecule has 0 fully saturated rings. The van der Waals surface area contributed by atoms with Gasteiger partial charge in [0.2, 0.25) is 5.91 Å². The van der Waals surface area contributed by atoms with Crippen LogP contribution in [0.3, 0.4) is 0 Å². The van der Waals surface area contributed by atoms with Crippen molar-refractivity contribution in [2.75, 3.05) is 12.4 Å². The highest BCUT2D eigenvalue weighted by molar-refractivity contribution is 6.02. The van der Waals surface area contributed by atoms with Gasteiger partial charge in [-0.15, -0.1) is 0 Å². The number of hydrogen-bond donors (Lipinski definition) is 3. The molecule has 3 aromatic heterocycles. The minimum Gasteiger partial charge on any atom is -0.370 e. The minimum absolute atomic E-state index is 0.151. The zero-order chi connectivity index (χ0) is 20.3. The number of nitrogens with two attached hydrogens (primary N) is 1. The second kappa shape index (κ2) is 7.82. The Bertz CT molecular complexity index is 1060. The molecule has 0 unspecified atom stereocenters. The predicted octanol–water partition coefficient (Wildman–Crippen LogP) is 0.969. The molecule has 28 heavy (non-hydrogen) atoms. The van der Waals surface area contributed by atoms with E-state index in [2.05, 4.69) is 20.3 Å². The summed E-state index contributed by atoms with van der Waals surface area (Å²) in [7, 11) is 1.44. The van der Waals surface area contributed by atoms with Crippen molar-refractivity contribution < 1.29 is 9.59 Å². The average Bonchev–Trinajstić information content (AvgIpc) is 3.04. The fraction of sp³-hybridized carbons (Fsp3) is 0.222. The van der Waals surface area contributed by atoms with Gasteiger partial charge in [0.1, 0.15) is 5.69 Å². The monoisotopic (exact) mass is 380 g/mol.